The molecule has 0 aliphatic rings. The Bertz CT molecular complexity index is 919. The summed E-state index contributed by atoms with van der Waals surface area (Å²) >= 11 is 6.34. The Kier molecular flexibility index (Phi) is 3.59. The molecule has 2 aromatic carbocycles. The van der Waals surface area contributed by atoms with E-state index in [-0.39, 0.29) is 37.9 Å². The topological polar surface area (TPSA) is 50.4 Å². The van der Waals surface area contributed by atoms with Gasteiger partial charge in [0.25, 0.3) is 0 Å². The summed E-state index contributed by atoms with van der Waals surface area (Å²) in [4.78, 5) is 12.2. The van der Waals surface area contributed by atoms with Crippen LogP contribution in [0, 0.1) is 5.82 Å². The molecule has 3 rings (SSSR count). The molecule has 1 heterocycles. The van der Waals surface area contributed by atoms with Crippen molar-refractivity contribution in [1.29, 1.82) is 0 Å². The van der Waals surface area contributed by atoms with Crippen molar-refractivity contribution in [3.8, 4) is 17.1 Å². The van der Waals surface area contributed by atoms with Crippen LogP contribution in [0.4, 0.5) is 4.39 Å². The second-order valence-electron chi connectivity index (χ2n) is 4.35. The average Bonchev–Trinajstić information content (AvgIpc) is 2.46. The predicted octanol–water partition coefficient (Wildman–Crippen LogP) is 4.83. The van der Waals surface area contributed by atoms with Gasteiger partial charge in [0, 0.05) is 6.07 Å². The molecule has 0 radical (unpaired) electrons. The maximum atomic E-state index is 13.8. The SMILES string of the molecule is O=c1cc(-c2ccccc2F)oc2c(Br)c(O)c(Br)cc12. The van der Waals surface area contributed by atoms with Crippen molar-refractivity contribution in [2.24, 2.45) is 0 Å². The van der Waals surface area contributed by atoms with Crippen molar-refractivity contribution in [1.82, 2.24) is 0 Å². The zero-order chi connectivity index (χ0) is 15.1. The predicted molar refractivity (Wildman–Crippen MR) is 84.9 cm³/mol. The Morgan fingerprint density at radius 1 is 1.14 bits per heavy atom. The highest BCUT2D eigenvalue weighted by molar-refractivity contribution is 9.11. The van der Waals surface area contributed by atoms with Crippen LogP contribution >= 0.6 is 31.9 Å². The standard InChI is InChI=1S/C15H7Br2FO3/c16-9-5-8-11(19)6-12(7-3-1-2-4-10(7)18)21-15(8)13(17)14(9)20/h1-6,20H. The maximum Gasteiger partial charge on any atom is 0.193 e. The number of hydrogen-bond acceptors (Lipinski definition) is 3. The van der Waals surface area contributed by atoms with Crippen LogP contribution in [0.1, 0.15) is 0 Å². The molecule has 1 N–H and O–H groups in total. The van der Waals surface area contributed by atoms with Gasteiger partial charge >= 0.3 is 0 Å². The lowest BCUT2D eigenvalue weighted by molar-refractivity contribution is 0.467. The van der Waals surface area contributed by atoms with E-state index < -0.39 is 5.82 Å². The van der Waals surface area contributed by atoms with Gasteiger partial charge in [-0.1, -0.05) is 12.1 Å². The van der Waals surface area contributed by atoms with E-state index in [1.165, 1.54) is 24.3 Å². The third-order valence-electron chi connectivity index (χ3n) is 3.03. The summed E-state index contributed by atoms with van der Waals surface area (Å²) in [5, 5.41) is 10.2. The summed E-state index contributed by atoms with van der Waals surface area (Å²) in [5.74, 6) is -0.471. The molecule has 1 aromatic heterocycles. The van der Waals surface area contributed by atoms with Crippen molar-refractivity contribution in [3.63, 3.8) is 0 Å². The highest BCUT2D eigenvalue weighted by atomic mass is 79.9. The molecular formula is C15H7Br2FO3. The highest BCUT2D eigenvalue weighted by Crippen LogP contribution is 2.39. The lowest BCUT2D eigenvalue weighted by atomic mass is 10.1. The molecule has 0 aliphatic heterocycles. The monoisotopic (exact) mass is 412 g/mol. The Labute approximate surface area is 135 Å². The largest absolute Gasteiger partial charge is 0.505 e. The van der Waals surface area contributed by atoms with Crippen molar-refractivity contribution < 1.29 is 13.9 Å². The Hall–Kier alpha value is -1.66. The molecule has 0 spiro atoms. The third-order valence-corrected chi connectivity index (χ3v) is 4.37. The minimum atomic E-state index is -0.488. The summed E-state index contributed by atoms with van der Waals surface area (Å²) in [7, 11) is 0. The van der Waals surface area contributed by atoms with Crippen molar-refractivity contribution >= 4 is 42.8 Å². The van der Waals surface area contributed by atoms with Gasteiger partial charge in [0.2, 0.25) is 0 Å². The summed E-state index contributed by atoms with van der Waals surface area (Å²) in [6.45, 7) is 0. The van der Waals surface area contributed by atoms with Crippen molar-refractivity contribution in [2.75, 3.05) is 0 Å². The molecule has 0 amide bonds. The zero-order valence-electron chi connectivity index (χ0n) is 10.4. The van der Waals surface area contributed by atoms with Gasteiger partial charge in [0.05, 0.1) is 15.4 Å². The van der Waals surface area contributed by atoms with E-state index in [4.69, 9.17) is 4.42 Å². The van der Waals surface area contributed by atoms with Gasteiger partial charge in [-0.15, -0.1) is 0 Å². The number of fused-ring (bicyclic) bond motifs is 1. The first-order valence-electron chi connectivity index (χ1n) is 5.88. The Morgan fingerprint density at radius 3 is 2.57 bits per heavy atom. The number of benzene rings is 2. The molecule has 106 valence electrons. The number of halogens is 3. The molecule has 3 nitrogen and oxygen atoms in total. The molecule has 0 aliphatic carbocycles. The van der Waals surface area contributed by atoms with Crippen molar-refractivity contribution in [2.45, 2.75) is 0 Å². The number of aromatic hydroxyl groups is 1. The molecule has 0 atom stereocenters. The number of rotatable bonds is 1. The third kappa shape index (κ3) is 2.38. The second-order valence-corrected chi connectivity index (χ2v) is 6.00. The van der Waals surface area contributed by atoms with Gasteiger partial charge in [-0.2, -0.15) is 0 Å². The fourth-order valence-electron chi connectivity index (χ4n) is 2.00. The molecule has 0 fully saturated rings. The first-order chi connectivity index (χ1) is 9.99. The summed E-state index contributed by atoms with van der Waals surface area (Å²) in [6.07, 6.45) is 0. The van der Waals surface area contributed by atoms with E-state index in [0.717, 1.165) is 0 Å². The van der Waals surface area contributed by atoms with Gasteiger partial charge in [0.1, 0.15) is 21.8 Å². The Balaban J connectivity index is 2.39. The molecule has 0 bridgehead atoms. The maximum absolute atomic E-state index is 13.8. The van der Waals surface area contributed by atoms with Crippen LogP contribution in [0.15, 0.2) is 54.6 Å². The summed E-state index contributed by atoms with van der Waals surface area (Å²) < 4.78 is 20.0. The van der Waals surface area contributed by atoms with E-state index >= 15 is 0 Å². The summed E-state index contributed by atoms with van der Waals surface area (Å²) in [6, 6.07) is 8.70. The van der Waals surface area contributed by atoms with Crippen LogP contribution in [0.25, 0.3) is 22.3 Å². The number of hydrogen-bond donors (Lipinski definition) is 1. The van der Waals surface area contributed by atoms with E-state index in [9.17, 15) is 14.3 Å². The number of phenols is 1. The second kappa shape index (κ2) is 5.27. The number of phenolic OH excluding ortho intramolecular Hbond substituents is 1. The lowest BCUT2D eigenvalue weighted by Crippen LogP contribution is -2.01. The highest BCUT2D eigenvalue weighted by Gasteiger charge is 2.16. The smallest absolute Gasteiger partial charge is 0.193 e. The normalized spacial score (nSPS) is 11.0. The van der Waals surface area contributed by atoms with Gasteiger partial charge < -0.3 is 9.52 Å². The van der Waals surface area contributed by atoms with E-state index in [1.807, 2.05) is 0 Å². The van der Waals surface area contributed by atoms with E-state index in [0.29, 0.717) is 4.47 Å². The van der Waals surface area contributed by atoms with Crippen LogP contribution in [-0.2, 0) is 0 Å². The van der Waals surface area contributed by atoms with Crippen LogP contribution in [0.3, 0.4) is 0 Å². The fraction of sp³-hybridized carbons (Fsp3) is 0. The molecule has 21 heavy (non-hydrogen) atoms. The van der Waals surface area contributed by atoms with Gasteiger partial charge in [-0.25, -0.2) is 4.39 Å². The fourth-order valence-corrected chi connectivity index (χ4v) is 3.21. The van der Waals surface area contributed by atoms with Gasteiger partial charge in [-0.3, -0.25) is 4.79 Å². The van der Waals surface area contributed by atoms with Crippen LogP contribution in [0.5, 0.6) is 5.75 Å². The molecule has 3 aromatic rings. The first kappa shape index (κ1) is 14.3. The molecule has 0 unspecified atom stereocenters. The van der Waals surface area contributed by atoms with E-state index in [1.54, 1.807) is 12.1 Å². The lowest BCUT2D eigenvalue weighted by Gasteiger charge is -2.07. The van der Waals surface area contributed by atoms with Gasteiger partial charge in [0.15, 0.2) is 11.0 Å². The molecule has 6 heteroatoms. The van der Waals surface area contributed by atoms with Crippen LogP contribution < -0.4 is 5.43 Å². The van der Waals surface area contributed by atoms with Crippen LogP contribution in [0.2, 0.25) is 0 Å². The zero-order valence-corrected chi connectivity index (χ0v) is 13.5. The van der Waals surface area contributed by atoms with Crippen molar-refractivity contribution in [3.05, 3.63) is 61.4 Å². The first-order valence-corrected chi connectivity index (χ1v) is 7.47. The Morgan fingerprint density at radius 2 is 1.86 bits per heavy atom. The van der Waals surface area contributed by atoms with Crippen LogP contribution in [-0.4, -0.2) is 5.11 Å². The molecule has 0 saturated heterocycles. The van der Waals surface area contributed by atoms with E-state index in [2.05, 4.69) is 31.9 Å². The average molecular weight is 414 g/mol. The molecular weight excluding hydrogens is 407 g/mol. The summed E-state index contributed by atoms with van der Waals surface area (Å²) in [5.41, 5.74) is 0.0307. The van der Waals surface area contributed by atoms with Gasteiger partial charge in [-0.05, 0) is 50.1 Å². The molecule has 0 saturated carbocycles. The minimum absolute atomic E-state index is 0.0867. The minimum Gasteiger partial charge on any atom is -0.505 e. The quantitative estimate of drug-likeness (QED) is 0.621.